The molecule has 1 atom stereocenters. The molecule has 1 N–H and O–H groups in total. The minimum atomic E-state index is -2.23. The number of nitrogens with zero attached hydrogens (tertiary/aromatic N) is 1. The fourth-order valence-electron chi connectivity index (χ4n) is 1.94. The van der Waals surface area contributed by atoms with E-state index < -0.39 is 43.8 Å². The van der Waals surface area contributed by atoms with Gasteiger partial charge in [-0.15, -0.1) is 5.06 Å². The Balaban J connectivity index is 2.90. The van der Waals surface area contributed by atoms with E-state index in [9.17, 15) is 19.2 Å². The van der Waals surface area contributed by atoms with Crippen LogP contribution in [0.1, 0.15) is 54.4 Å². The molecule has 0 spiro atoms. The monoisotopic (exact) mass is 416 g/mol. The van der Waals surface area contributed by atoms with Gasteiger partial charge in [-0.25, -0.2) is 9.59 Å². The predicted octanol–water partition coefficient (Wildman–Crippen LogP) is 2.51. The molecule has 0 aromatic heterocycles. The maximum atomic E-state index is 12.6. The van der Waals surface area contributed by atoms with Gasteiger partial charge in [-0.05, 0) is 38.9 Å². The Labute approximate surface area is 167 Å². The number of hydroxylamine groups is 2. The van der Waals surface area contributed by atoms with Crippen molar-refractivity contribution in [2.75, 3.05) is 6.61 Å². The average molecular weight is 417 g/mol. The van der Waals surface area contributed by atoms with E-state index in [1.165, 1.54) is 0 Å². The molecule has 1 rings (SSSR count). The van der Waals surface area contributed by atoms with Crippen LogP contribution in [0.5, 0.6) is 0 Å². The molecule has 3 amide bonds. The van der Waals surface area contributed by atoms with Crippen molar-refractivity contribution in [1.29, 1.82) is 0 Å². The van der Waals surface area contributed by atoms with Crippen LogP contribution in [0.4, 0.5) is 4.79 Å². The lowest BCUT2D eigenvalue weighted by molar-refractivity contribution is -0.199. The van der Waals surface area contributed by atoms with Crippen molar-refractivity contribution in [1.82, 2.24) is 10.4 Å². The number of hydrogen-bond acceptors (Lipinski definition) is 7. The zero-order valence-corrected chi connectivity index (χ0v) is 19.0. The second-order valence-corrected chi connectivity index (χ2v) is 14.1. The molecule has 10 heteroatoms. The van der Waals surface area contributed by atoms with Crippen molar-refractivity contribution < 1.29 is 33.2 Å². The standard InChI is InChI=1S/C18H32N2O7Si/c1-17(2,3)26-16(24)19-12(11-25-28(7,8)18(4,5)6)15(23)27-20-13(21)9-10-14(20)22/h12H,9-11H2,1-8H3,(H,19,24)/t12-/m0/s1. The highest BCUT2D eigenvalue weighted by atomic mass is 28.4. The van der Waals surface area contributed by atoms with Crippen molar-refractivity contribution in [2.45, 2.75) is 84.2 Å². The van der Waals surface area contributed by atoms with E-state index in [1.54, 1.807) is 20.8 Å². The van der Waals surface area contributed by atoms with E-state index in [2.05, 4.69) is 5.32 Å². The van der Waals surface area contributed by atoms with Gasteiger partial charge in [0.1, 0.15) is 5.60 Å². The van der Waals surface area contributed by atoms with Crippen molar-refractivity contribution in [3.63, 3.8) is 0 Å². The van der Waals surface area contributed by atoms with Gasteiger partial charge in [0.05, 0.1) is 6.61 Å². The highest BCUT2D eigenvalue weighted by Gasteiger charge is 2.40. The first-order chi connectivity index (χ1) is 12.5. The molecule has 1 heterocycles. The summed E-state index contributed by atoms with van der Waals surface area (Å²) in [4.78, 5) is 53.0. The first-order valence-corrected chi connectivity index (χ1v) is 12.2. The number of carbonyl (C=O) groups excluding carboxylic acids is 4. The van der Waals surface area contributed by atoms with Crippen molar-refractivity contribution in [2.24, 2.45) is 0 Å². The molecule has 1 aliphatic heterocycles. The summed E-state index contributed by atoms with van der Waals surface area (Å²) in [5, 5.41) is 2.74. The molecular formula is C18H32N2O7Si. The largest absolute Gasteiger partial charge is 0.444 e. The maximum Gasteiger partial charge on any atom is 0.408 e. The Hall–Kier alpha value is -1.94. The van der Waals surface area contributed by atoms with Gasteiger partial charge in [-0.1, -0.05) is 20.8 Å². The van der Waals surface area contributed by atoms with E-state index >= 15 is 0 Å². The van der Waals surface area contributed by atoms with Crippen LogP contribution in [-0.4, -0.2) is 55.5 Å². The molecule has 0 unspecified atom stereocenters. The van der Waals surface area contributed by atoms with Crippen LogP contribution in [0.3, 0.4) is 0 Å². The number of nitrogens with one attached hydrogen (secondary N) is 1. The zero-order chi connectivity index (χ0) is 21.9. The number of rotatable bonds is 6. The van der Waals surface area contributed by atoms with Crippen LogP contribution in [-0.2, 0) is 28.4 Å². The summed E-state index contributed by atoms with van der Waals surface area (Å²) in [6, 6.07) is -1.23. The fraction of sp³-hybridized carbons (Fsp3) is 0.778. The molecular weight excluding hydrogens is 384 g/mol. The summed E-state index contributed by atoms with van der Waals surface area (Å²) in [6.45, 7) is 15.0. The number of ether oxygens (including phenoxy) is 1. The molecule has 1 fully saturated rings. The third kappa shape index (κ3) is 6.90. The third-order valence-corrected chi connectivity index (χ3v) is 9.08. The van der Waals surface area contributed by atoms with E-state index in [0.29, 0.717) is 5.06 Å². The van der Waals surface area contributed by atoms with Gasteiger partial charge in [0, 0.05) is 12.8 Å². The Kier molecular flexibility index (Phi) is 7.40. The van der Waals surface area contributed by atoms with Crippen LogP contribution in [0.15, 0.2) is 0 Å². The molecule has 0 aromatic rings. The summed E-state index contributed by atoms with van der Waals surface area (Å²) in [6.07, 6.45) is -0.861. The lowest BCUT2D eigenvalue weighted by Gasteiger charge is -2.37. The summed E-state index contributed by atoms with van der Waals surface area (Å²) in [5.74, 6) is -2.16. The fourth-order valence-corrected chi connectivity index (χ4v) is 2.95. The number of amides is 3. The molecule has 1 saturated heterocycles. The molecule has 160 valence electrons. The summed E-state index contributed by atoms with van der Waals surface area (Å²) >= 11 is 0. The van der Waals surface area contributed by atoms with Gasteiger partial charge in [0.15, 0.2) is 14.4 Å². The topological polar surface area (TPSA) is 111 Å². The number of hydrogen-bond donors (Lipinski definition) is 1. The molecule has 28 heavy (non-hydrogen) atoms. The molecule has 1 aliphatic rings. The SMILES string of the molecule is CC(C)(C)OC(=O)N[C@@H](CO[Si](C)(C)C(C)(C)C)C(=O)ON1C(=O)CCC1=O. The Morgan fingerprint density at radius 2 is 1.57 bits per heavy atom. The second kappa shape index (κ2) is 8.60. The van der Waals surface area contributed by atoms with Crippen molar-refractivity contribution in [3.8, 4) is 0 Å². The van der Waals surface area contributed by atoms with Gasteiger partial charge >= 0.3 is 12.1 Å². The normalized spacial score (nSPS) is 16.8. The average Bonchev–Trinajstić information content (AvgIpc) is 2.80. The Morgan fingerprint density at radius 1 is 1.07 bits per heavy atom. The van der Waals surface area contributed by atoms with E-state index in [1.807, 2.05) is 33.9 Å². The lowest BCUT2D eigenvalue weighted by Crippen LogP contribution is -2.52. The molecule has 0 saturated carbocycles. The molecule has 0 aromatic carbocycles. The molecule has 0 aliphatic carbocycles. The summed E-state index contributed by atoms with van der Waals surface area (Å²) in [7, 11) is -2.23. The van der Waals surface area contributed by atoms with Crippen LogP contribution in [0.2, 0.25) is 18.1 Å². The van der Waals surface area contributed by atoms with Crippen LogP contribution in [0.25, 0.3) is 0 Å². The Morgan fingerprint density at radius 3 is 2.00 bits per heavy atom. The summed E-state index contributed by atoms with van der Waals surface area (Å²) in [5.41, 5.74) is -0.764. The van der Waals surface area contributed by atoms with E-state index in [-0.39, 0.29) is 24.5 Å². The minimum Gasteiger partial charge on any atom is -0.444 e. The Bertz CT molecular complexity index is 619. The van der Waals surface area contributed by atoms with Crippen molar-refractivity contribution >= 4 is 32.2 Å². The van der Waals surface area contributed by atoms with Crippen molar-refractivity contribution in [3.05, 3.63) is 0 Å². The van der Waals surface area contributed by atoms with Gasteiger partial charge < -0.3 is 19.3 Å². The quantitative estimate of drug-likeness (QED) is 0.523. The first-order valence-electron chi connectivity index (χ1n) is 9.24. The van der Waals surface area contributed by atoms with Gasteiger partial charge in [0.25, 0.3) is 11.8 Å². The van der Waals surface area contributed by atoms with E-state index in [0.717, 1.165) is 0 Å². The van der Waals surface area contributed by atoms with Gasteiger partial charge in [0.2, 0.25) is 0 Å². The molecule has 0 bridgehead atoms. The maximum absolute atomic E-state index is 12.6. The zero-order valence-electron chi connectivity index (χ0n) is 18.0. The molecule has 0 radical (unpaired) electrons. The number of carbonyl (C=O) groups is 4. The smallest absolute Gasteiger partial charge is 0.408 e. The van der Waals surface area contributed by atoms with Crippen LogP contribution < -0.4 is 5.32 Å². The highest BCUT2D eigenvalue weighted by Crippen LogP contribution is 2.36. The highest BCUT2D eigenvalue weighted by molar-refractivity contribution is 6.74. The number of alkyl carbamates (subject to hydrolysis) is 1. The third-order valence-electron chi connectivity index (χ3n) is 4.58. The van der Waals surface area contributed by atoms with Gasteiger partial charge in [-0.2, -0.15) is 0 Å². The second-order valence-electron chi connectivity index (χ2n) is 9.26. The lowest BCUT2D eigenvalue weighted by atomic mass is 10.2. The summed E-state index contributed by atoms with van der Waals surface area (Å²) < 4.78 is 11.2. The first kappa shape index (κ1) is 24.1. The predicted molar refractivity (Wildman–Crippen MR) is 103 cm³/mol. The van der Waals surface area contributed by atoms with Gasteiger partial charge in [-0.3, -0.25) is 9.59 Å². The van der Waals surface area contributed by atoms with E-state index in [4.69, 9.17) is 14.0 Å². The minimum absolute atomic E-state index is 0.0171. The van der Waals surface area contributed by atoms with Crippen LogP contribution >= 0.6 is 0 Å². The number of imide groups is 1. The van der Waals surface area contributed by atoms with Crippen LogP contribution in [0, 0.1) is 0 Å². The molecule has 9 nitrogen and oxygen atoms in total.